The minimum atomic E-state index is -0.207. The summed E-state index contributed by atoms with van der Waals surface area (Å²) in [7, 11) is 0. The summed E-state index contributed by atoms with van der Waals surface area (Å²) < 4.78 is 0. The maximum absolute atomic E-state index is 13.0. The lowest BCUT2D eigenvalue weighted by Crippen LogP contribution is -2.48. The van der Waals surface area contributed by atoms with E-state index in [2.05, 4.69) is 24.4 Å². The van der Waals surface area contributed by atoms with Crippen LogP contribution in [-0.4, -0.2) is 29.8 Å². The summed E-state index contributed by atoms with van der Waals surface area (Å²) in [5, 5.41) is 3.11. The first-order valence-corrected chi connectivity index (χ1v) is 9.78. The van der Waals surface area contributed by atoms with Crippen LogP contribution in [0.25, 0.3) is 0 Å². The van der Waals surface area contributed by atoms with E-state index in [-0.39, 0.29) is 23.8 Å². The minimum Gasteiger partial charge on any atom is -0.355 e. The van der Waals surface area contributed by atoms with Crippen LogP contribution in [0, 0.1) is 12.8 Å². The number of nitrogens with zero attached hydrogens (tertiary/aromatic N) is 1. The summed E-state index contributed by atoms with van der Waals surface area (Å²) in [6, 6.07) is 18.0. The zero-order chi connectivity index (χ0) is 19.2. The molecule has 2 atom stereocenters. The third-order valence-corrected chi connectivity index (χ3v) is 5.48. The molecule has 2 aromatic rings. The van der Waals surface area contributed by atoms with E-state index in [1.165, 1.54) is 11.1 Å². The third kappa shape index (κ3) is 4.38. The van der Waals surface area contributed by atoms with Gasteiger partial charge >= 0.3 is 0 Å². The Morgan fingerprint density at radius 1 is 1.11 bits per heavy atom. The van der Waals surface area contributed by atoms with Gasteiger partial charge in [-0.1, -0.05) is 54.6 Å². The molecule has 4 heteroatoms. The highest BCUT2D eigenvalue weighted by Gasteiger charge is 2.39. The highest BCUT2D eigenvalue weighted by molar-refractivity contribution is 5.85. The molecule has 1 aliphatic heterocycles. The van der Waals surface area contributed by atoms with Crippen molar-refractivity contribution in [1.82, 2.24) is 10.2 Å². The average molecular weight is 364 g/mol. The van der Waals surface area contributed by atoms with Crippen molar-refractivity contribution in [2.45, 2.75) is 39.2 Å². The Labute approximate surface area is 161 Å². The Morgan fingerprint density at radius 2 is 1.81 bits per heavy atom. The molecule has 142 valence electrons. The maximum Gasteiger partial charge on any atom is 0.225 e. The predicted molar refractivity (Wildman–Crippen MR) is 107 cm³/mol. The number of carbonyl (C=O) groups excluding carboxylic acids is 2. The molecule has 3 rings (SSSR count). The third-order valence-electron chi connectivity index (χ3n) is 5.48. The van der Waals surface area contributed by atoms with Crippen LogP contribution in [0.15, 0.2) is 54.6 Å². The van der Waals surface area contributed by atoms with Crippen molar-refractivity contribution in [1.29, 1.82) is 0 Å². The van der Waals surface area contributed by atoms with Gasteiger partial charge in [-0.15, -0.1) is 0 Å². The molecular weight excluding hydrogens is 336 g/mol. The summed E-state index contributed by atoms with van der Waals surface area (Å²) in [6.45, 7) is 5.30. The van der Waals surface area contributed by atoms with Gasteiger partial charge in [0.25, 0.3) is 0 Å². The lowest BCUT2D eigenvalue weighted by Gasteiger charge is -2.40. The normalized spacial score (nSPS) is 19.8. The van der Waals surface area contributed by atoms with Crippen LogP contribution in [0.5, 0.6) is 0 Å². The van der Waals surface area contributed by atoms with Crippen LogP contribution >= 0.6 is 0 Å². The first-order valence-electron chi connectivity index (χ1n) is 9.78. The number of hydrogen-bond acceptors (Lipinski definition) is 2. The molecule has 0 bridgehead atoms. The topological polar surface area (TPSA) is 49.4 Å². The van der Waals surface area contributed by atoms with Crippen LogP contribution in [0.3, 0.4) is 0 Å². The molecule has 1 heterocycles. The number of piperidine rings is 1. The second kappa shape index (κ2) is 8.85. The average Bonchev–Trinajstić information content (AvgIpc) is 2.69. The predicted octanol–water partition coefficient (Wildman–Crippen LogP) is 3.65. The van der Waals surface area contributed by atoms with Gasteiger partial charge in [0.05, 0.1) is 12.0 Å². The number of carbonyl (C=O) groups is 2. The highest BCUT2D eigenvalue weighted by Crippen LogP contribution is 2.36. The SMILES string of the molecule is CCN1C(=O)CC[C@@H](C(=O)NCCc2ccccc2C)[C@@H]1c1ccccc1. The van der Waals surface area contributed by atoms with E-state index in [9.17, 15) is 9.59 Å². The Bertz CT molecular complexity index is 788. The van der Waals surface area contributed by atoms with E-state index >= 15 is 0 Å². The fourth-order valence-corrected chi connectivity index (χ4v) is 4.00. The molecule has 0 aliphatic carbocycles. The van der Waals surface area contributed by atoms with Crippen LogP contribution in [0.1, 0.15) is 42.5 Å². The smallest absolute Gasteiger partial charge is 0.225 e. The number of amides is 2. The van der Waals surface area contributed by atoms with Crippen molar-refractivity contribution in [3.8, 4) is 0 Å². The molecule has 2 aromatic carbocycles. The molecule has 1 saturated heterocycles. The molecule has 27 heavy (non-hydrogen) atoms. The molecule has 2 amide bonds. The van der Waals surface area contributed by atoms with Crippen LogP contribution in [0.2, 0.25) is 0 Å². The van der Waals surface area contributed by atoms with E-state index in [0.717, 1.165) is 12.0 Å². The molecule has 0 radical (unpaired) electrons. The van der Waals surface area contributed by atoms with Gasteiger partial charge in [-0.2, -0.15) is 0 Å². The van der Waals surface area contributed by atoms with E-state index in [1.807, 2.05) is 54.3 Å². The van der Waals surface area contributed by atoms with Crippen molar-refractivity contribution >= 4 is 11.8 Å². The van der Waals surface area contributed by atoms with E-state index in [4.69, 9.17) is 0 Å². The number of likely N-dealkylation sites (tertiary alicyclic amines) is 1. The molecule has 1 N–H and O–H groups in total. The van der Waals surface area contributed by atoms with Gasteiger partial charge in [0.1, 0.15) is 0 Å². The number of hydrogen-bond donors (Lipinski definition) is 1. The van der Waals surface area contributed by atoms with Gasteiger partial charge in [0.15, 0.2) is 0 Å². The maximum atomic E-state index is 13.0. The van der Waals surface area contributed by atoms with Gasteiger partial charge in [-0.05, 0) is 43.4 Å². The Kier molecular flexibility index (Phi) is 6.28. The second-order valence-corrected chi connectivity index (χ2v) is 7.15. The molecule has 1 fully saturated rings. The van der Waals surface area contributed by atoms with Gasteiger partial charge < -0.3 is 10.2 Å². The number of rotatable bonds is 6. The Balaban J connectivity index is 1.71. The summed E-state index contributed by atoms with van der Waals surface area (Å²) in [5.74, 6) is -0.0272. The Morgan fingerprint density at radius 3 is 2.52 bits per heavy atom. The summed E-state index contributed by atoms with van der Waals surface area (Å²) >= 11 is 0. The minimum absolute atomic E-state index is 0.0448. The second-order valence-electron chi connectivity index (χ2n) is 7.15. The molecule has 0 saturated carbocycles. The largest absolute Gasteiger partial charge is 0.355 e. The fraction of sp³-hybridized carbons (Fsp3) is 0.391. The van der Waals surface area contributed by atoms with Crippen LogP contribution in [-0.2, 0) is 16.0 Å². The fourth-order valence-electron chi connectivity index (χ4n) is 4.00. The van der Waals surface area contributed by atoms with Crippen LogP contribution < -0.4 is 5.32 Å². The van der Waals surface area contributed by atoms with Crippen LogP contribution in [0.4, 0.5) is 0 Å². The summed E-state index contributed by atoms with van der Waals surface area (Å²) in [5.41, 5.74) is 3.53. The highest BCUT2D eigenvalue weighted by atomic mass is 16.2. The molecule has 4 nitrogen and oxygen atoms in total. The molecular formula is C23H28N2O2. The molecule has 1 aliphatic rings. The van der Waals surface area contributed by atoms with Crippen molar-refractivity contribution in [2.24, 2.45) is 5.92 Å². The Hall–Kier alpha value is -2.62. The van der Waals surface area contributed by atoms with E-state index < -0.39 is 0 Å². The van der Waals surface area contributed by atoms with E-state index in [1.54, 1.807) is 0 Å². The first-order chi connectivity index (χ1) is 13.1. The first kappa shape index (κ1) is 19.2. The monoisotopic (exact) mass is 364 g/mol. The van der Waals surface area contributed by atoms with Crippen molar-refractivity contribution in [2.75, 3.05) is 13.1 Å². The number of benzene rings is 2. The van der Waals surface area contributed by atoms with Crippen molar-refractivity contribution in [3.63, 3.8) is 0 Å². The lowest BCUT2D eigenvalue weighted by atomic mass is 9.83. The quantitative estimate of drug-likeness (QED) is 0.850. The van der Waals surface area contributed by atoms with E-state index in [0.29, 0.717) is 25.9 Å². The summed E-state index contributed by atoms with van der Waals surface area (Å²) in [6.07, 6.45) is 1.86. The van der Waals surface area contributed by atoms with Gasteiger partial charge in [-0.3, -0.25) is 9.59 Å². The zero-order valence-electron chi connectivity index (χ0n) is 16.2. The number of aryl methyl sites for hydroxylation is 1. The molecule has 0 unspecified atom stereocenters. The van der Waals surface area contributed by atoms with Crippen molar-refractivity contribution in [3.05, 3.63) is 71.3 Å². The van der Waals surface area contributed by atoms with Crippen molar-refractivity contribution < 1.29 is 9.59 Å². The molecule has 0 aromatic heterocycles. The standard InChI is InChI=1S/C23H28N2O2/c1-3-25-21(26)14-13-20(22(25)19-11-5-4-6-12-19)23(27)24-16-15-18-10-8-7-9-17(18)2/h4-12,20,22H,3,13-16H2,1-2H3,(H,24,27)/t20-,22+/m1/s1. The lowest BCUT2D eigenvalue weighted by molar-refractivity contribution is -0.143. The number of nitrogens with one attached hydrogen (secondary N) is 1. The molecule has 0 spiro atoms. The van der Waals surface area contributed by atoms with Gasteiger partial charge in [-0.25, -0.2) is 0 Å². The summed E-state index contributed by atoms with van der Waals surface area (Å²) in [4.78, 5) is 27.2. The van der Waals surface area contributed by atoms with Gasteiger partial charge in [0, 0.05) is 19.5 Å². The van der Waals surface area contributed by atoms with Gasteiger partial charge in [0.2, 0.25) is 11.8 Å². The zero-order valence-corrected chi connectivity index (χ0v) is 16.2.